The molecule has 1 aliphatic heterocycles. The fourth-order valence-corrected chi connectivity index (χ4v) is 3.41. The van der Waals surface area contributed by atoms with E-state index >= 15 is 0 Å². The van der Waals surface area contributed by atoms with Gasteiger partial charge in [0.05, 0.1) is 12.5 Å². The fourth-order valence-electron chi connectivity index (χ4n) is 3.41. The van der Waals surface area contributed by atoms with Gasteiger partial charge >= 0.3 is 0 Å². The number of hydrogen-bond acceptors (Lipinski definition) is 3. The Labute approximate surface area is 141 Å². The molecular formula is C19H22N2O3. The molecule has 5 heteroatoms. The van der Waals surface area contributed by atoms with E-state index in [9.17, 15) is 14.7 Å². The second-order valence-corrected chi connectivity index (χ2v) is 6.36. The maximum atomic E-state index is 12.7. The van der Waals surface area contributed by atoms with Crippen molar-refractivity contribution in [2.75, 3.05) is 19.7 Å². The van der Waals surface area contributed by atoms with Crippen molar-refractivity contribution in [3.05, 3.63) is 48.0 Å². The molecule has 2 amide bonds. The third-order valence-corrected chi connectivity index (χ3v) is 4.64. The van der Waals surface area contributed by atoms with Crippen molar-refractivity contribution in [2.24, 2.45) is 5.92 Å². The van der Waals surface area contributed by atoms with Crippen LogP contribution in [0.1, 0.15) is 12.5 Å². The van der Waals surface area contributed by atoms with Gasteiger partial charge in [-0.2, -0.15) is 0 Å². The van der Waals surface area contributed by atoms with Crippen LogP contribution in [0.5, 0.6) is 0 Å². The topological polar surface area (TPSA) is 69.6 Å². The molecule has 1 saturated heterocycles. The first-order valence-electron chi connectivity index (χ1n) is 8.21. The van der Waals surface area contributed by atoms with Gasteiger partial charge in [0.15, 0.2) is 0 Å². The third kappa shape index (κ3) is 3.41. The maximum Gasteiger partial charge on any atom is 0.227 e. The number of benzene rings is 2. The van der Waals surface area contributed by atoms with E-state index in [0.717, 1.165) is 16.3 Å². The predicted octanol–water partition coefficient (Wildman–Crippen LogP) is 1.34. The Morgan fingerprint density at radius 2 is 1.92 bits per heavy atom. The molecule has 2 aromatic carbocycles. The molecular weight excluding hydrogens is 304 g/mol. The van der Waals surface area contributed by atoms with Crippen molar-refractivity contribution in [3.8, 4) is 0 Å². The van der Waals surface area contributed by atoms with Crippen LogP contribution in [0.2, 0.25) is 0 Å². The molecule has 0 aliphatic carbocycles. The first-order chi connectivity index (χ1) is 11.6. The quantitative estimate of drug-likeness (QED) is 0.891. The van der Waals surface area contributed by atoms with Crippen molar-refractivity contribution >= 4 is 22.6 Å². The minimum absolute atomic E-state index is 0.0256. The molecule has 0 saturated carbocycles. The summed E-state index contributed by atoms with van der Waals surface area (Å²) in [4.78, 5) is 25.7. The van der Waals surface area contributed by atoms with Gasteiger partial charge in [-0.25, -0.2) is 0 Å². The number of aliphatic hydroxyl groups excluding tert-OH is 1. The van der Waals surface area contributed by atoms with Crippen molar-refractivity contribution in [1.29, 1.82) is 0 Å². The van der Waals surface area contributed by atoms with Crippen LogP contribution in [-0.4, -0.2) is 47.6 Å². The van der Waals surface area contributed by atoms with Crippen molar-refractivity contribution in [3.63, 3.8) is 0 Å². The van der Waals surface area contributed by atoms with E-state index in [0.29, 0.717) is 19.5 Å². The molecule has 24 heavy (non-hydrogen) atoms. The predicted molar refractivity (Wildman–Crippen MR) is 92.4 cm³/mol. The Hall–Kier alpha value is -2.40. The largest absolute Gasteiger partial charge is 0.396 e. The molecule has 3 rings (SSSR count). The summed E-state index contributed by atoms with van der Waals surface area (Å²) in [7, 11) is 0. The van der Waals surface area contributed by atoms with Gasteiger partial charge in [0.2, 0.25) is 11.8 Å². The summed E-state index contributed by atoms with van der Waals surface area (Å²) in [6.07, 6.45) is 0.326. The summed E-state index contributed by atoms with van der Waals surface area (Å²) < 4.78 is 0. The normalized spacial score (nSPS) is 20.3. The lowest BCUT2D eigenvalue weighted by Crippen LogP contribution is -2.40. The van der Waals surface area contributed by atoms with E-state index in [1.165, 1.54) is 6.92 Å². The fraction of sp³-hybridized carbons (Fsp3) is 0.368. The number of carbonyl (C=O) groups is 2. The molecule has 0 aromatic heterocycles. The number of nitrogens with one attached hydrogen (secondary N) is 1. The highest BCUT2D eigenvalue weighted by molar-refractivity contribution is 5.90. The van der Waals surface area contributed by atoms with Crippen molar-refractivity contribution in [1.82, 2.24) is 10.2 Å². The number of carbonyl (C=O) groups excluding carboxylic acids is 2. The molecule has 1 aliphatic rings. The molecule has 0 spiro atoms. The number of nitrogens with zero attached hydrogens (tertiary/aromatic N) is 1. The van der Waals surface area contributed by atoms with Crippen LogP contribution in [0.3, 0.4) is 0 Å². The Balaban J connectivity index is 1.74. The molecule has 2 atom stereocenters. The molecule has 2 N–H and O–H groups in total. The van der Waals surface area contributed by atoms with Gasteiger partial charge in [-0.1, -0.05) is 42.5 Å². The Bertz CT molecular complexity index is 754. The Kier molecular flexibility index (Phi) is 4.81. The van der Waals surface area contributed by atoms with Gasteiger partial charge in [-0.15, -0.1) is 0 Å². The van der Waals surface area contributed by atoms with Crippen LogP contribution in [0.25, 0.3) is 10.8 Å². The minimum atomic E-state index is -0.177. The van der Waals surface area contributed by atoms with Crippen LogP contribution >= 0.6 is 0 Å². The number of likely N-dealkylation sites (tertiary alicyclic amines) is 1. The molecule has 1 fully saturated rings. The number of fused-ring (bicyclic) bond motifs is 1. The number of hydrogen-bond donors (Lipinski definition) is 2. The van der Waals surface area contributed by atoms with Crippen LogP contribution < -0.4 is 5.32 Å². The standard InChI is InChI=1S/C19H22N2O3/c1-13(23)20-18-11-21(10-16(18)12-22)19(24)9-15-7-4-6-14-5-2-3-8-17(14)15/h2-8,16,18,22H,9-12H2,1H3,(H,20,23)/t16-,18+/m0/s1. The number of rotatable bonds is 4. The van der Waals surface area contributed by atoms with Gasteiger partial charge in [-0.3, -0.25) is 9.59 Å². The molecule has 0 unspecified atom stereocenters. The van der Waals surface area contributed by atoms with Crippen molar-refractivity contribution < 1.29 is 14.7 Å². The van der Waals surface area contributed by atoms with E-state index < -0.39 is 0 Å². The second-order valence-electron chi connectivity index (χ2n) is 6.36. The van der Waals surface area contributed by atoms with E-state index in [2.05, 4.69) is 5.32 Å². The smallest absolute Gasteiger partial charge is 0.227 e. The van der Waals surface area contributed by atoms with Crippen LogP contribution in [0, 0.1) is 5.92 Å². The van der Waals surface area contributed by atoms with Gasteiger partial charge in [0.25, 0.3) is 0 Å². The van der Waals surface area contributed by atoms with Crippen LogP contribution in [-0.2, 0) is 16.0 Å². The average molecular weight is 326 g/mol. The summed E-state index contributed by atoms with van der Waals surface area (Å²) in [6.45, 7) is 2.34. The lowest BCUT2D eigenvalue weighted by atomic mass is 10.0. The number of amides is 2. The molecule has 0 radical (unpaired) electrons. The minimum Gasteiger partial charge on any atom is -0.396 e. The monoisotopic (exact) mass is 326 g/mol. The zero-order valence-electron chi connectivity index (χ0n) is 13.7. The Morgan fingerprint density at radius 3 is 2.67 bits per heavy atom. The molecule has 5 nitrogen and oxygen atoms in total. The number of aliphatic hydroxyl groups is 1. The van der Waals surface area contributed by atoms with Gasteiger partial charge in [0.1, 0.15) is 0 Å². The first-order valence-corrected chi connectivity index (χ1v) is 8.21. The molecule has 0 bridgehead atoms. The molecule has 2 aromatic rings. The van der Waals surface area contributed by atoms with Gasteiger partial charge in [-0.05, 0) is 16.3 Å². The highest BCUT2D eigenvalue weighted by Crippen LogP contribution is 2.22. The van der Waals surface area contributed by atoms with Gasteiger partial charge < -0.3 is 15.3 Å². The van der Waals surface area contributed by atoms with Gasteiger partial charge in [0, 0.05) is 32.5 Å². The highest BCUT2D eigenvalue weighted by Gasteiger charge is 2.35. The lowest BCUT2D eigenvalue weighted by Gasteiger charge is -2.17. The lowest BCUT2D eigenvalue weighted by molar-refractivity contribution is -0.129. The SMILES string of the molecule is CC(=O)N[C@@H]1CN(C(=O)Cc2cccc3ccccc23)C[C@H]1CO. The van der Waals surface area contributed by atoms with E-state index in [-0.39, 0.29) is 30.4 Å². The average Bonchev–Trinajstić information content (AvgIpc) is 2.97. The third-order valence-electron chi connectivity index (χ3n) is 4.64. The summed E-state index contributed by atoms with van der Waals surface area (Å²) in [5, 5.41) is 14.5. The first kappa shape index (κ1) is 16.5. The van der Waals surface area contributed by atoms with Crippen molar-refractivity contribution in [2.45, 2.75) is 19.4 Å². The maximum absolute atomic E-state index is 12.7. The molecule has 126 valence electrons. The summed E-state index contributed by atoms with van der Waals surface area (Å²) >= 11 is 0. The highest BCUT2D eigenvalue weighted by atomic mass is 16.3. The second kappa shape index (κ2) is 7.01. The van der Waals surface area contributed by atoms with E-state index in [4.69, 9.17) is 0 Å². The zero-order valence-corrected chi connectivity index (χ0v) is 13.7. The van der Waals surface area contributed by atoms with Crippen LogP contribution in [0.15, 0.2) is 42.5 Å². The zero-order chi connectivity index (χ0) is 17.1. The molecule has 1 heterocycles. The summed E-state index contributed by atoms with van der Waals surface area (Å²) in [5.74, 6) is -0.218. The Morgan fingerprint density at radius 1 is 1.17 bits per heavy atom. The van der Waals surface area contributed by atoms with E-state index in [1.807, 2.05) is 42.5 Å². The van der Waals surface area contributed by atoms with Crippen LogP contribution in [0.4, 0.5) is 0 Å². The summed E-state index contributed by atoms with van der Waals surface area (Å²) in [6, 6.07) is 13.8. The summed E-state index contributed by atoms with van der Waals surface area (Å²) in [5.41, 5.74) is 1.00. The van der Waals surface area contributed by atoms with E-state index in [1.54, 1.807) is 4.90 Å².